The van der Waals surface area contributed by atoms with Crippen molar-refractivity contribution in [3.05, 3.63) is 39.4 Å². The van der Waals surface area contributed by atoms with E-state index in [-0.39, 0.29) is 0 Å². The normalized spacial score (nSPS) is 10.6. The summed E-state index contributed by atoms with van der Waals surface area (Å²) in [6, 6.07) is 5.52. The maximum Gasteiger partial charge on any atom is 0.279 e. The number of halogens is 1. The Kier molecular flexibility index (Phi) is 3.66. The number of nitrogens with two attached hydrogens (primary N) is 1. The van der Waals surface area contributed by atoms with Crippen molar-refractivity contribution in [2.45, 2.75) is 20.4 Å². The summed E-state index contributed by atoms with van der Waals surface area (Å²) in [5.41, 5.74) is 7.50. The Morgan fingerprint density at radius 3 is 2.71 bits per heavy atom. The molecule has 1 heterocycles. The van der Waals surface area contributed by atoms with Crippen molar-refractivity contribution in [1.82, 2.24) is 4.98 Å². The van der Waals surface area contributed by atoms with Crippen LogP contribution in [-0.4, -0.2) is 4.98 Å². The first-order valence-electron chi connectivity index (χ1n) is 5.20. The van der Waals surface area contributed by atoms with Gasteiger partial charge in [0, 0.05) is 11.4 Å². The molecule has 2 N–H and O–H groups in total. The summed E-state index contributed by atoms with van der Waals surface area (Å²) in [5, 5.41) is 1.17. The largest absolute Gasteiger partial charge is 0.429 e. The smallest absolute Gasteiger partial charge is 0.279 e. The van der Waals surface area contributed by atoms with Crippen LogP contribution < -0.4 is 10.5 Å². The predicted octanol–water partition coefficient (Wildman–Crippen LogP) is 3.66. The average molecular weight is 269 g/mol. The van der Waals surface area contributed by atoms with E-state index >= 15 is 0 Å². The first-order valence-corrected chi connectivity index (χ1v) is 6.40. The Hall–Kier alpha value is -1.10. The zero-order valence-corrected chi connectivity index (χ0v) is 11.2. The van der Waals surface area contributed by atoms with Gasteiger partial charge >= 0.3 is 0 Å². The fourth-order valence-corrected chi connectivity index (χ4v) is 2.35. The van der Waals surface area contributed by atoms with Crippen LogP contribution in [0.3, 0.4) is 0 Å². The third-order valence-corrected chi connectivity index (χ3v) is 3.68. The maximum absolute atomic E-state index is 6.10. The molecule has 90 valence electrons. The van der Waals surface area contributed by atoms with Gasteiger partial charge in [-0.05, 0) is 31.5 Å². The molecule has 0 radical (unpaired) electrons. The van der Waals surface area contributed by atoms with Crippen LogP contribution in [0.5, 0.6) is 10.9 Å². The molecule has 0 amide bonds. The lowest BCUT2D eigenvalue weighted by atomic mass is 10.2. The monoisotopic (exact) mass is 268 g/mol. The molecule has 2 rings (SSSR count). The van der Waals surface area contributed by atoms with E-state index in [1.54, 1.807) is 0 Å². The van der Waals surface area contributed by atoms with Gasteiger partial charge in [-0.2, -0.15) is 0 Å². The van der Waals surface area contributed by atoms with Gasteiger partial charge in [-0.1, -0.05) is 29.0 Å². The molecule has 1 aromatic heterocycles. The number of nitrogens with zero attached hydrogens (tertiary/aromatic N) is 1. The third-order valence-electron chi connectivity index (χ3n) is 2.44. The number of thiazole rings is 1. The van der Waals surface area contributed by atoms with Gasteiger partial charge in [-0.3, -0.25) is 0 Å². The Morgan fingerprint density at radius 2 is 2.18 bits per heavy atom. The quantitative estimate of drug-likeness (QED) is 0.924. The van der Waals surface area contributed by atoms with Gasteiger partial charge in [0.2, 0.25) is 0 Å². The van der Waals surface area contributed by atoms with E-state index in [4.69, 9.17) is 22.1 Å². The van der Waals surface area contributed by atoms with Gasteiger partial charge in [-0.25, -0.2) is 4.98 Å². The highest BCUT2D eigenvalue weighted by atomic mass is 35.5. The minimum Gasteiger partial charge on any atom is -0.429 e. The van der Waals surface area contributed by atoms with Crippen molar-refractivity contribution in [3.8, 4) is 10.9 Å². The zero-order chi connectivity index (χ0) is 12.4. The summed E-state index contributed by atoms with van der Waals surface area (Å²) in [6.45, 7) is 4.44. The SMILES string of the molecule is Cc1nc(Oc2ccc(CN)cc2Cl)sc1C. The molecule has 0 saturated carbocycles. The van der Waals surface area contributed by atoms with Crippen molar-refractivity contribution >= 4 is 22.9 Å². The number of aromatic nitrogens is 1. The van der Waals surface area contributed by atoms with Gasteiger partial charge in [0.15, 0.2) is 0 Å². The van der Waals surface area contributed by atoms with E-state index in [0.29, 0.717) is 22.5 Å². The lowest BCUT2D eigenvalue weighted by molar-refractivity contribution is 0.478. The second-order valence-corrected chi connectivity index (χ2v) is 5.27. The van der Waals surface area contributed by atoms with Crippen LogP contribution in [0.1, 0.15) is 16.1 Å². The van der Waals surface area contributed by atoms with Gasteiger partial charge in [0.25, 0.3) is 5.19 Å². The van der Waals surface area contributed by atoms with E-state index in [1.165, 1.54) is 11.3 Å². The predicted molar refractivity (Wildman–Crippen MR) is 71.0 cm³/mol. The minimum atomic E-state index is 0.468. The maximum atomic E-state index is 6.10. The molecular weight excluding hydrogens is 256 g/mol. The van der Waals surface area contributed by atoms with Crippen LogP contribution in [0.25, 0.3) is 0 Å². The van der Waals surface area contributed by atoms with E-state index in [1.807, 2.05) is 32.0 Å². The number of ether oxygens (including phenoxy) is 1. The Labute approximate surface area is 109 Å². The Morgan fingerprint density at radius 1 is 1.41 bits per heavy atom. The molecule has 0 saturated heterocycles. The standard InChI is InChI=1S/C12H13ClN2OS/c1-7-8(2)17-12(15-7)16-11-4-3-9(6-14)5-10(11)13/h3-5H,6,14H2,1-2H3. The second kappa shape index (κ2) is 5.04. The van der Waals surface area contributed by atoms with Crippen LogP contribution in [0.15, 0.2) is 18.2 Å². The average Bonchev–Trinajstić information content (AvgIpc) is 2.61. The summed E-state index contributed by atoms with van der Waals surface area (Å²) in [7, 11) is 0. The highest BCUT2D eigenvalue weighted by molar-refractivity contribution is 7.13. The van der Waals surface area contributed by atoms with E-state index < -0.39 is 0 Å². The molecule has 0 aliphatic carbocycles. The lowest BCUT2D eigenvalue weighted by Gasteiger charge is -2.05. The molecule has 0 fully saturated rings. The number of benzene rings is 1. The first kappa shape index (κ1) is 12.4. The van der Waals surface area contributed by atoms with E-state index in [2.05, 4.69) is 4.98 Å². The van der Waals surface area contributed by atoms with Crippen LogP contribution in [0.2, 0.25) is 5.02 Å². The van der Waals surface area contributed by atoms with Crippen molar-refractivity contribution in [1.29, 1.82) is 0 Å². The van der Waals surface area contributed by atoms with Gasteiger partial charge in [0.05, 0.1) is 10.7 Å². The summed E-state index contributed by atoms with van der Waals surface area (Å²) in [6.07, 6.45) is 0. The van der Waals surface area contributed by atoms with Gasteiger partial charge in [0.1, 0.15) is 5.75 Å². The second-order valence-electron chi connectivity index (χ2n) is 3.69. The number of rotatable bonds is 3. The molecule has 1 aromatic carbocycles. The molecule has 5 heteroatoms. The summed E-state index contributed by atoms with van der Waals surface area (Å²) in [4.78, 5) is 5.45. The Balaban J connectivity index is 2.24. The summed E-state index contributed by atoms with van der Waals surface area (Å²) >= 11 is 7.61. The molecule has 0 spiro atoms. The molecule has 0 atom stereocenters. The van der Waals surface area contributed by atoms with Crippen molar-refractivity contribution < 1.29 is 4.74 Å². The van der Waals surface area contributed by atoms with Gasteiger partial charge in [-0.15, -0.1) is 0 Å². The van der Waals surface area contributed by atoms with Crippen LogP contribution in [0, 0.1) is 13.8 Å². The molecule has 0 unspecified atom stereocenters. The van der Waals surface area contributed by atoms with Crippen molar-refractivity contribution in [2.24, 2.45) is 5.73 Å². The van der Waals surface area contributed by atoms with Gasteiger partial charge < -0.3 is 10.5 Å². The molecule has 0 aliphatic heterocycles. The number of hydrogen-bond donors (Lipinski definition) is 1. The molecule has 2 aromatic rings. The molecule has 17 heavy (non-hydrogen) atoms. The highest BCUT2D eigenvalue weighted by Crippen LogP contribution is 2.33. The lowest BCUT2D eigenvalue weighted by Crippen LogP contribution is -1.96. The van der Waals surface area contributed by atoms with Crippen LogP contribution in [-0.2, 0) is 6.54 Å². The third kappa shape index (κ3) is 2.77. The summed E-state index contributed by atoms with van der Waals surface area (Å²) < 4.78 is 5.64. The fourth-order valence-electron chi connectivity index (χ4n) is 1.34. The fraction of sp³-hybridized carbons (Fsp3) is 0.250. The number of hydrogen-bond acceptors (Lipinski definition) is 4. The van der Waals surface area contributed by atoms with Crippen molar-refractivity contribution in [2.75, 3.05) is 0 Å². The van der Waals surface area contributed by atoms with E-state index in [9.17, 15) is 0 Å². The topological polar surface area (TPSA) is 48.1 Å². The van der Waals surface area contributed by atoms with Crippen molar-refractivity contribution in [3.63, 3.8) is 0 Å². The highest BCUT2D eigenvalue weighted by Gasteiger charge is 2.08. The van der Waals surface area contributed by atoms with Crippen LogP contribution >= 0.6 is 22.9 Å². The Bertz CT molecular complexity index is 520. The van der Waals surface area contributed by atoms with E-state index in [0.717, 1.165) is 16.1 Å². The molecule has 0 aliphatic rings. The number of aryl methyl sites for hydroxylation is 2. The summed E-state index contributed by atoms with van der Waals surface area (Å²) in [5.74, 6) is 0.609. The zero-order valence-electron chi connectivity index (χ0n) is 9.66. The minimum absolute atomic E-state index is 0.468. The molecule has 3 nitrogen and oxygen atoms in total. The first-order chi connectivity index (χ1) is 8.10. The van der Waals surface area contributed by atoms with Crippen LogP contribution in [0.4, 0.5) is 0 Å². The molecule has 0 bridgehead atoms. The molecular formula is C12H13ClN2OS.